The van der Waals surface area contributed by atoms with Gasteiger partial charge in [-0.05, 0) is 99.1 Å². The fourth-order valence-corrected chi connectivity index (χ4v) is 5.54. The first-order valence-corrected chi connectivity index (χ1v) is 13.6. The molecule has 0 radical (unpaired) electrons. The van der Waals surface area contributed by atoms with Gasteiger partial charge in [0.1, 0.15) is 5.82 Å². The molecule has 39 heavy (non-hydrogen) atoms. The molecule has 1 saturated heterocycles. The van der Waals surface area contributed by atoms with Crippen LogP contribution in [-0.4, -0.2) is 25.6 Å². The highest BCUT2D eigenvalue weighted by molar-refractivity contribution is 7.80. The summed E-state index contributed by atoms with van der Waals surface area (Å²) in [6, 6.07) is 18.1. The minimum Gasteiger partial charge on any atom is -0.351 e. The number of aromatic nitrogens is 3. The number of nitrogens with zero attached hydrogens (tertiary/aromatic N) is 4. The number of thiocarbonyl (C=S) groups is 1. The number of aryl methyl sites for hydroxylation is 3. The Hall–Kier alpha value is -4.04. The summed E-state index contributed by atoms with van der Waals surface area (Å²) in [7, 11) is 0. The molecule has 1 aromatic carbocycles. The topological polar surface area (TPSA) is 75.1 Å². The molecule has 1 aliphatic rings. The summed E-state index contributed by atoms with van der Waals surface area (Å²) in [5.74, 6) is 0.785. The van der Waals surface area contributed by atoms with Gasteiger partial charge in [-0.1, -0.05) is 26.0 Å². The number of pyridine rings is 2. The molecule has 2 atom stereocenters. The van der Waals surface area contributed by atoms with Gasteiger partial charge >= 0.3 is 0 Å². The molecule has 1 aliphatic heterocycles. The van der Waals surface area contributed by atoms with Gasteiger partial charge < -0.3 is 20.1 Å². The largest absolute Gasteiger partial charge is 0.351 e. The molecular formula is C31H34N6OS. The van der Waals surface area contributed by atoms with E-state index in [1.165, 1.54) is 0 Å². The van der Waals surface area contributed by atoms with Gasteiger partial charge in [-0.15, -0.1) is 0 Å². The van der Waals surface area contributed by atoms with E-state index in [0.717, 1.165) is 51.0 Å². The van der Waals surface area contributed by atoms with Crippen LogP contribution < -0.4 is 15.5 Å². The van der Waals surface area contributed by atoms with Crippen LogP contribution in [0.5, 0.6) is 0 Å². The summed E-state index contributed by atoms with van der Waals surface area (Å²) >= 11 is 5.95. The molecule has 7 nitrogen and oxygen atoms in total. The van der Waals surface area contributed by atoms with Crippen molar-refractivity contribution in [3.05, 3.63) is 101 Å². The average Bonchev–Trinajstić information content (AvgIpc) is 3.41. The van der Waals surface area contributed by atoms with Gasteiger partial charge in [-0.2, -0.15) is 0 Å². The van der Waals surface area contributed by atoms with Crippen LogP contribution in [0.2, 0.25) is 0 Å². The third-order valence-corrected chi connectivity index (χ3v) is 7.60. The Labute approximate surface area is 235 Å². The molecule has 2 unspecified atom stereocenters. The van der Waals surface area contributed by atoms with Crippen molar-refractivity contribution in [3.63, 3.8) is 0 Å². The fourth-order valence-electron chi connectivity index (χ4n) is 5.20. The van der Waals surface area contributed by atoms with Crippen molar-refractivity contribution in [1.82, 2.24) is 19.9 Å². The molecule has 0 bridgehead atoms. The summed E-state index contributed by atoms with van der Waals surface area (Å²) in [6.45, 7) is 12.1. The standard InChI is InChI=1S/C31H34N6OS/c1-18(2)30(38)34-25-12-11-23(15-20(25)4)37-29(28(35-31(37)39)26-9-7-8-14-32-26)24-16-21(5)36(22(24)6)27-13-10-19(3)17-33-27/h7-18,28-29H,1-6H3,(H,34,38)(H,35,39). The predicted molar refractivity (Wildman–Crippen MR) is 160 cm³/mol. The molecule has 1 fully saturated rings. The van der Waals surface area contributed by atoms with E-state index >= 15 is 0 Å². The number of nitrogens with one attached hydrogen (secondary N) is 2. The van der Waals surface area contributed by atoms with Gasteiger partial charge in [0.15, 0.2) is 5.11 Å². The number of amides is 1. The molecule has 8 heteroatoms. The maximum Gasteiger partial charge on any atom is 0.226 e. The van der Waals surface area contributed by atoms with E-state index in [0.29, 0.717) is 5.11 Å². The lowest BCUT2D eigenvalue weighted by molar-refractivity contribution is -0.118. The zero-order chi connectivity index (χ0) is 27.8. The molecule has 5 rings (SSSR count). The Balaban J connectivity index is 1.61. The molecule has 0 spiro atoms. The highest BCUT2D eigenvalue weighted by Crippen LogP contribution is 2.44. The smallest absolute Gasteiger partial charge is 0.226 e. The predicted octanol–water partition coefficient (Wildman–Crippen LogP) is 6.27. The van der Waals surface area contributed by atoms with Crippen LogP contribution in [-0.2, 0) is 4.79 Å². The summed E-state index contributed by atoms with van der Waals surface area (Å²) in [6.07, 6.45) is 3.71. The average molecular weight is 539 g/mol. The van der Waals surface area contributed by atoms with Gasteiger partial charge in [0, 0.05) is 41.1 Å². The minimum absolute atomic E-state index is 0.00513. The van der Waals surface area contributed by atoms with Crippen LogP contribution in [0.25, 0.3) is 5.82 Å². The molecule has 0 aliphatic carbocycles. The van der Waals surface area contributed by atoms with Gasteiger partial charge in [-0.3, -0.25) is 9.78 Å². The zero-order valence-electron chi connectivity index (χ0n) is 23.2. The number of carbonyl (C=O) groups is 1. The first-order chi connectivity index (χ1) is 18.7. The Morgan fingerprint density at radius 2 is 1.82 bits per heavy atom. The fraction of sp³-hybridized carbons (Fsp3) is 0.290. The third kappa shape index (κ3) is 5.04. The van der Waals surface area contributed by atoms with Crippen molar-refractivity contribution in [1.29, 1.82) is 0 Å². The summed E-state index contributed by atoms with van der Waals surface area (Å²) < 4.78 is 2.19. The van der Waals surface area contributed by atoms with Gasteiger partial charge in [0.2, 0.25) is 5.91 Å². The van der Waals surface area contributed by atoms with E-state index in [-0.39, 0.29) is 23.9 Å². The first kappa shape index (κ1) is 26.6. The van der Waals surface area contributed by atoms with Gasteiger partial charge in [-0.25, -0.2) is 4.98 Å². The lowest BCUT2D eigenvalue weighted by atomic mass is 9.96. The van der Waals surface area contributed by atoms with Crippen LogP contribution in [0, 0.1) is 33.6 Å². The molecule has 3 aromatic heterocycles. The van der Waals surface area contributed by atoms with E-state index < -0.39 is 0 Å². The highest BCUT2D eigenvalue weighted by Gasteiger charge is 2.42. The number of rotatable bonds is 6. The SMILES string of the molecule is Cc1ccc(-n2c(C)cc(C3C(c4ccccn4)NC(=S)N3c3ccc(NC(=O)C(C)C)c(C)c3)c2C)nc1. The first-order valence-electron chi connectivity index (χ1n) is 13.2. The van der Waals surface area contributed by atoms with Crippen LogP contribution in [0.4, 0.5) is 11.4 Å². The van der Waals surface area contributed by atoms with Gasteiger partial charge in [0.25, 0.3) is 0 Å². The van der Waals surface area contributed by atoms with Gasteiger partial charge in [0.05, 0.1) is 17.8 Å². The Morgan fingerprint density at radius 1 is 1.03 bits per heavy atom. The van der Waals surface area contributed by atoms with Crippen LogP contribution in [0.3, 0.4) is 0 Å². The number of hydrogen-bond donors (Lipinski definition) is 2. The lowest BCUT2D eigenvalue weighted by Gasteiger charge is -2.29. The maximum atomic E-state index is 12.3. The number of carbonyl (C=O) groups excluding carboxylic acids is 1. The van der Waals surface area contributed by atoms with E-state index in [4.69, 9.17) is 22.2 Å². The Bertz CT molecular complexity index is 1530. The third-order valence-electron chi connectivity index (χ3n) is 7.28. The van der Waals surface area contributed by atoms with Crippen LogP contribution in [0.15, 0.2) is 67.0 Å². The lowest BCUT2D eigenvalue weighted by Crippen LogP contribution is -2.29. The minimum atomic E-state index is -0.153. The van der Waals surface area contributed by atoms with Crippen molar-refractivity contribution in [3.8, 4) is 5.82 Å². The van der Waals surface area contributed by atoms with E-state index in [9.17, 15) is 4.79 Å². The van der Waals surface area contributed by atoms with Crippen molar-refractivity contribution in [2.75, 3.05) is 10.2 Å². The number of anilines is 2. The quantitative estimate of drug-likeness (QED) is 0.282. The zero-order valence-corrected chi connectivity index (χ0v) is 24.0. The van der Waals surface area contributed by atoms with E-state index in [1.807, 2.05) is 70.4 Å². The number of hydrogen-bond acceptors (Lipinski definition) is 4. The molecule has 200 valence electrons. The molecule has 2 N–H and O–H groups in total. The summed E-state index contributed by atoms with van der Waals surface area (Å²) in [5, 5.41) is 7.22. The highest BCUT2D eigenvalue weighted by atomic mass is 32.1. The Kier molecular flexibility index (Phi) is 7.23. The molecule has 4 aromatic rings. The normalized spacial score (nSPS) is 17.0. The number of benzene rings is 1. The van der Waals surface area contributed by atoms with Crippen molar-refractivity contribution >= 4 is 34.6 Å². The monoisotopic (exact) mass is 538 g/mol. The second kappa shape index (κ2) is 10.6. The van der Waals surface area contributed by atoms with E-state index in [1.54, 1.807) is 0 Å². The second-order valence-electron chi connectivity index (χ2n) is 10.5. The van der Waals surface area contributed by atoms with Crippen molar-refractivity contribution in [2.45, 2.75) is 53.6 Å². The molecular weight excluding hydrogens is 504 g/mol. The van der Waals surface area contributed by atoms with E-state index in [2.05, 4.69) is 58.2 Å². The molecule has 1 amide bonds. The second-order valence-corrected chi connectivity index (χ2v) is 10.9. The summed E-state index contributed by atoms with van der Waals surface area (Å²) in [4.78, 5) is 23.9. The van der Waals surface area contributed by atoms with Crippen molar-refractivity contribution in [2.24, 2.45) is 5.92 Å². The summed E-state index contributed by atoms with van der Waals surface area (Å²) in [5.41, 5.74) is 8.11. The van der Waals surface area contributed by atoms with Crippen LogP contribution in [0.1, 0.15) is 59.7 Å². The molecule has 4 heterocycles. The molecule has 0 saturated carbocycles. The Morgan fingerprint density at radius 3 is 2.46 bits per heavy atom. The van der Waals surface area contributed by atoms with Crippen molar-refractivity contribution < 1.29 is 4.79 Å². The maximum absolute atomic E-state index is 12.3. The van der Waals surface area contributed by atoms with Crippen LogP contribution >= 0.6 is 12.2 Å².